The summed E-state index contributed by atoms with van der Waals surface area (Å²) in [6, 6.07) is 20.8. The molecule has 0 aliphatic carbocycles. The lowest BCUT2D eigenvalue weighted by molar-refractivity contribution is 0.182. The van der Waals surface area contributed by atoms with E-state index in [1.54, 1.807) is 14.2 Å². The van der Waals surface area contributed by atoms with Gasteiger partial charge in [0.15, 0.2) is 0 Å². The molecule has 0 radical (unpaired) electrons. The van der Waals surface area contributed by atoms with Gasteiger partial charge in [-0.2, -0.15) is 5.48 Å². The van der Waals surface area contributed by atoms with Gasteiger partial charge < -0.3 is 10.5 Å². The van der Waals surface area contributed by atoms with E-state index in [-0.39, 0.29) is 20.8 Å². The molecule has 3 N–H and O–H groups in total. The first-order valence-electron chi connectivity index (χ1n) is 8.51. The highest BCUT2D eigenvalue weighted by atomic mass is 31.1. The lowest BCUT2D eigenvalue weighted by Gasteiger charge is -2.09. The van der Waals surface area contributed by atoms with Crippen LogP contribution in [0.5, 0.6) is 0 Å². The van der Waals surface area contributed by atoms with Gasteiger partial charge in [0.25, 0.3) is 0 Å². The summed E-state index contributed by atoms with van der Waals surface area (Å²) in [5.41, 5.74) is 10.8. The fraction of sp³-hybridized carbons (Fsp3) is 0.400. The molecule has 0 bridgehead atoms. The Morgan fingerprint density at radius 2 is 1.35 bits per heavy atom. The first kappa shape index (κ1) is 24.4. The van der Waals surface area contributed by atoms with Crippen molar-refractivity contribution in [3.8, 4) is 0 Å². The molecule has 2 atom stereocenters. The lowest BCUT2D eigenvalue weighted by Crippen LogP contribution is -2.25. The van der Waals surface area contributed by atoms with Gasteiger partial charge in [0.2, 0.25) is 0 Å². The van der Waals surface area contributed by atoms with Crippen molar-refractivity contribution in [1.82, 2.24) is 5.48 Å². The summed E-state index contributed by atoms with van der Waals surface area (Å²) in [5.74, 6) is 0. The number of methoxy groups -OCH3 is 1. The molecule has 0 aliphatic rings. The van der Waals surface area contributed by atoms with Crippen molar-refractivity contribution in [1.29, 1.82) is 0 Å². The molecular formula is C20H31N2O3P. The molecule has 0 saturated carbocycles. The maximum atomic E-state index is 9.97. The average molecular weight is 378 g/mol. The molecule has 0 heterocycles. The molecule has 2 rings (SSSR count). The maximum Gasteiger partial charge on any atom is 0.346 e. The molecule has 0 fully saturated rings. The third kappa shape index (κ3) is 14.7. The second kappa shape index (κ2) is 16.8. The van der Waals surface area contributed by atoms with Crippen molar-refractivity contribution in [3.63, 3.8) is 0 Å². The zero-order valence-corrected chi connectivity index (χ0v) is 17.0. The third-order valence-corrected chi connectivity index (χ3v) is 3.26. The minimum atomic E-state index is -0.335. The topological polar surface area (TPSA) is 73.6 Å². The Labute approximate surface area is 159 Å². The Morgan fingerprint density at radius 3 is 1.73 bits per heavy atom. The van der Waals surface area contributed by atoms with Crippen LogP contribution in [0.15, 0.2) is 60.7 Å². The quantitative estimate of drug-likeness (QED) is 0.558. The highest BCUT2D eigenvalue weighted by Gasteiger charge is 2.01. The van der Waals surface area contributed by atoms with E-state index in [1.165, 1.54) is 11.1 Å². The van der Waals surface area contributed by atoms with Crippen LogP contribution in [-0.2, 0) is 26.8 Å². The number of hydrogen-bond acceptors (Lipinski definition) is 5. The van der Waals surface area contributed by atoms with Gasteiger partial charge in [-0.05, 0) is 37.8 Å². The van der Waals surface area contributed by atoms with Gasteiger partial charge in [0, 0.05) is 26.3 Å². The van der Waals surface area contributed by atoms with Crippen LogP contribution in [0, 0.1) is 0 Å². The number of hydrogen-bond donors (Lipinski definition) is 2. The van der Waals surface area contributed by atoms with E-state index in [4.69, 9.17) is 5.73 Å². The van der Waals surface area contributed by atoms with Crippen molar-refractivity contribution < 1.29 is 13.9 Å². The van der Waals surface area contributed by atoms with Crippen LogP contribution >= 0.6 is 8.69 Å². The van der Waals surface area contributed by atoms with Crippen LogP contribution in [0.25, 0.3) is 0 Å². The van der Waals surface area contributed by atoms with Crippen LogP contribution in [0.1, 0.15) is 25.0 Å². The first-order chi connectivity index (χ1) is 12.5. The monoisotopic (exact) mass is 378 g/mol. The molecule has 2 aromatic rings. The molecule has 26 heavy (non-hydrogen) atoms. The van der Waals surface area contributed by atoms with Crippen molar-refractivity contribution in [2.24, 2.45) is 5.73 Å². The first-order valence-corrected chi connectivity index (χ1v) is 9.24. The van der Waals surface area contributed by atoms with E-state index in [0.717, 1.165) is 12.8 Å². The standard InChI is InChI=1S/C9H12NO2P.C9H13N.C2H6O/c1-8(10-12-13-11)7-9-5-3-2-4-6-9;1-8(10)7-9-5-3-2-4-6-9;1-3-2/h2-6,8,10H,7H2,1H3;2-6,8H,7,10H2,1H3;1-2H3/t2*8-;/m11./s1. The van der Waals surface area contributed by atoms with Crippen molar-refractivity contribution in [3.05, 3.63) is 71.8 Å². The summed E-state index contributed by atoms with van der Waals surface area (Å²) in [5, 5.41) is 0. The Balaban J connectivity index is 0.000000428. The molecule has 5 nitrogen and oxygen atoms in total. The Kier molecular flexibility index (Phi) is 15.8. The maximum absolute atomic E-state index is 9.97. The summed E-state index contributed by atoms with van der Waals surface area (Å²) >= 11 is 0. The zero-order chi connectivity index (χ0) is 19.6. The average Bonchev–Trinajstić information content (AvgIpc) is 2.62. The number of nitrogens with one attached hydrogen (secondary N) is 1. The van der Waals surface area contributed by atoms with E-state index in [0.29, 0.717) is 0 Å². The fourth-order valence-electron chi connectivity index (χ4n) is 2.11. The van der Waals surface area contributed by atoms with E-state index in [9.17, 15) is 4.57 Å². The van der Waals surface area contributed by atoms with Crippen LogP contribution in [-0.4, -0.2) is 26.3 Å². The SMILES string of the molecule is COC.C[C@@H](N)Cc1ccccc1.C[C@H](Cc1ccccc1)NOP=O. The highest BCUT2D eigenvalue weighted by molar-refractivity contribution is 7.17. The zero-order valence-electron chi connectivity index (χ0n) is 16.1. The van der Waals surface area contributed by atoms with Crippen LogP contribution in [0.2, 0.25) is 0 Å². The Morgan fingerprint density at radius 1 is 0.923 bits per heavy atom. The van der Waals surface area contributed by atoms with Crippen molar-refractivity contribution in [2.75, 3.05) is 14.2 Å². The number of benzene rings is 2. The summed E-state index contributed by atoms with van der Waals surface area (Å²) in [7, 11) is 2.91. The van der Waals surface area contributed by atoms with Gasteiger partial charge in [0.05, 0.1) is 0 Å². The molecule has 144 valence electrons. The van der Waals surface area contributed by atoms with Gasteiger partial charge in [-0.3, -0.25) is 0 Å². The van der Waals surface area contributed by atoms with Crippen molar-refractivity contribution in [2.45, 2.75) is 38.8 Å². The summed E-state index contributed by atoms with van der Waals surface area (Å²) in [4.78, 5) is 0. The number of ether oxygens (including phenoxy) is 1. The minimum absolute atomic E-state index is 0.156. The van der Waals surface area contributed by atoms with E-state index in [1.807, 2.05) is 62.4 Å². The number of nitrogens with two attached hydrogens (primary N) is 1. The largest absolute Gasteiger partial charge is 0.388 e. The van der Waals surface area contributed by atoms with Gasteiger partial charge in [-0.1, -0.05) is 60.7 Å². The number of rotatable bonds is 7. The van der Waals surface area contributed by atoms with Gasteiger partial charge in [-0.15, -0.1) is 0 Å². The van der Waals surface area contributed by atoms with Gasteiger partial charge in [-0.25, -0.2) is 9.19 Å². The van der Waals surface area contributed by atoms with Gasteiger partial charge in [0.1, 0.15) is 0 Å². The summed E-state index contributed by atoms with van der Waals surface area (Å²) in [6.07, 6.45) is 1.83. The molecule has 0 aliphatic heterocycles. The fourth-order valence-corrected chi connectivity index (χ4v) is 2.33. The predicted molar refractivity (Wildman–Crippen MR) is 108 cm³/mol. The van der Waals surface area contributed by atoms with E-state index < -0.39 is 0 Å². The van der Waals surface area contributed by atoms with Crippen LogP contribution in [0.4, 0.5) is 0 Å². The minimum Gasteiger partial charge on any atom is -0.388 e. The van der Waals surface area contributed by atoms with Crippen molar-refractivity contribution >= 4 is 8.69 Å². The van der Waals surface area contributed by atoms with E-state index >= 15 is 0 Å². The second-order valence-corrected chi connectivity index (χ2v) is 6.28. The van der Waals surface area contributed by atoms with Crippen LogP contribution in [0.3, 0.4) is 0 Å². The molecule has 6 heteroatoms. The molecular weight excluding hydrogens is 347 g/mol. The number of hydroxylamine groups is 1. The molecule has 0 saturated heterocycles. The third-order valence-electron chi connectivity index (χ3n) is 3.08. The molecule has 0 unspecified atom stereocenters. The smallest absolute Gasteiger partial charge is 0.346 e. The molecule has 0 spiro atoms. The summed E-state index contributed by atoms with van der Waals surface area (Å²) < 4.78 is 18.8. The molecule has 0 amide bonds. The second-order valence-electron chi connectivity index (χ2n) is 5.95. The Bertz CT molecular complexity index is 553. The van der Waals surface area contributed by atoms with Crippen LogP contribution < -0.4 is 11.2 Å². The molecule has 0 aromatic heterocycles. The normalized spacial score (nSPS) is 12.2. The Hall–Kier alpha value is -1.62. The van der Waals surface area contributed by atoms with E-state index in [2.05, 4.69) is 27.0 Å². The predicted octanol–water partition coefficient (Wildman–Crippen LogP) is 4.18. The molecule has 2 aromatic carbocycles. The lowest BCUT2D eigenvalue weighted by atomic mass is 10.1. The summed E-state index contributed by atoms with van der Waals surface area (Å²) in [6.45, 7) is 3.99. The van der Waals surface area contributed by atoms with Gasteiger partial charge >= 0.3 is 8.69 Å². The highest BCUT2D eigenvalue weighted by Crippen LogP contribution is 2.03.